The van der Waals surface area contributed by atoms with Gasteiger partial charge in [-0.05, 0) is 30.7 Å². The summed E-state index contributed by atoms with van der Waals surface area (Å²) in [6.45, 7) is 6.00. The van der Waals surface area contributed by atoms with Gasteiger partial charge in [-0.3, -0.25) is 9.59 Å². The van der Waals surface area contributed by atoms with Crippen LogP contribution in [0.3, 0.4) is 0 Å². The van der Waals surface area contributed by atoms with E-state index in [-0.39, 0.29) is 23.5 Å². The fraction of sp³-hybridized carbons (Fsp3) is 0.429. The van der Waals surface area contributed by atoms with Crippen molar-refractivity contribution in [3.63, 3.8) is 0 Å². The number of hydrogen-bond donors (Lipinski definition) is 2. The molecule has 19 heavy (non-hydrogen) atoms. The number of benzene rings is 1. The Balaban J connectivity index is 2.41. The zero-order chi connectivity index (χ0) is 14.4. The van der Waals surface area contributed by atoms with Crippen LogP contribution in [0.15, 0.2) is 18.2 Å². The molecule has 0 saturated carbocycles. The molecule has 1 aromatic carbocycles. The summed E-state index contributed by atoms with van der Waals surface area (Å²) in [6.07, 6.45) is 0. The number of rotatable bonds is 5. The molecule has 1 rings (SSSR count). The van der Waals surface area contributed by atoms with Crippen molar-refractivity contribution in [2.75, 3.05) is 13.1 Å². The van der Waals surface area contributed by atoms with Crippen LogP contribution < -0.4 is 10.6 Å². The molecular formula is C14H19FN2O2. The highest BCUT2D eigenvalue weighted by molar-refractivity contribution is 5.95. The van der Waals surface area contributed by atoms with Crippen LogP contribution in [0.4, 0.5) is 4.39 Å². The Kier molecular flexibility index (Phi) is 5.48. The maximum atomic E-state index is 12.9. The summed E-state index contributed by atoms with van der Waals surface area (Å²) in [6, 6.07) is 4.02. The van der Waals surface area contributed by atoms with E-state index in [9.17, 15) is 14.0 Å². The molecule has 0 aliphatic carbocycles. The van der Waals surface area contributed by atoms with Crippen LogP contribution in [0.1, 0.15) is 29.8 Å². The number of amides is 2. The van der Waals surface area contributed by atoms with Crippen molar-refractivity contribution in [3.8, 4) is 0 Å². The number of halogens is 1. The molecular weight excluding hydrogens is 247 g/mol. The monoisotopic (exact) mass is 266 g/mol. The molecule has 0 saturated heterocycles. The van der Waals surface area contributed by atoms with E-state index < -0.39 is 0 Å². The van der Waals surface area contributed by atoms with Crippen LogP contribution in [0.5, 0.6) is 0 Å². The second-order valence-electron chi connectivity index (χ2n) is 4.66. The van der Waals surface area contributed by atoms with Crippen molar-refractivity contribution in [3.05, 3.63) is 35.1 Å². The SMILES string of the molecule is Cc1cc(F)ccc1C(=O)NCCNC(=O)C(C)C. The Morgan fingerprint density at radius 1 is 1.21 bits per heavy atom. The van der Waals surface area contributed by atoms with Gasteiger partial charge in [0.25, 0.3) is 5.91 Å². The van der Waals surface area contributed by atoms with E-state index in [2.05, 4.69) is 10.6 Å². The minimum atomic E-state index is -0.363. The maximum absolute atomic E-state index is 12.9. The zero-order valence-corrected chi connectivity index (χ0v) is 11.4. The fourth-order valence-corrected chi connectivity index (χ4v) is 1.54. The maximum Gasteiger partial charge on any atom is 0.251 e. The van der Waals surface area contributed by atoms with Gasteiger partial charge in [0, 0.05) is 24.6 Å². The first kappa shape index (κ1) is 15.1. The van der Waals surface area contributed by atoms with Gasteiger partial charge in [-0.25, -0.2) is 4.39 Å². The highest BCUT2D eigenvalue weighted by atomic mass is 19.1. The molecule has 0 heterocycles. The Hall–Kier alpha value is -1.91. The van der Waals surface area contributed by atoms with E-state index in [0.717, 1.165) is 0 Å². The normalized spacial score (nSPS) is 10.4. The number of carbonyl (C=O) groups is 2. The van der Waals surface area contributed by atoms with Crippen molar-refractivity contribution in [2.24, 2.45) is 5.92 Å². The molecule has 0 spiro atoms. The summed E-state index contributed by atoms with van der Waals surface area (Å²) in [5, 5.41) is 5.38. The molecule has 5 heteroatoms. The molecule has 2 N–H and O–H groups in total. The third-order valence-corrected chi connectivity index (χ3v) is 2.67. The zero-order valence-electron chi connectivity index (χ0n) is 11.4. The van der Waals surface area contributed by atoms with E-state index in [1.54, 1.807) is 20.8 Å². The quantitative estimate of drug-likeness (QED) is 0.796. The molecule has 0 aliphatic heterocycles. The lowest BCUT2D eigenvalue weighted by atomic mass is 10.1. The van der Waals surface area contributed by atoms with Crippen molar-refractivity contribution >= 4 is 11.8 Å². The molecule has 0 aromatic heterocycles. The van der Waals surface area contributed by atoms with Crippen molar-refractivity contribution in [2.45, 2.75) is 20.8 Å². The molecule has 0 fully saturated rings. The number of carbonyl (C=O) groups excluding carboxylic acids is 2. The topological polar surface area (TPSA) is 58.2 Å². The summed E-state index contributed by atoms with van der Waals surface area (Å²) >= 11 is 0. The summed E-state index contributed by atoms with van der Waals surface area (Å²) in [7, 11) is 0. The van der Waals surface area contributed by atoms with E-state index >= 15 is 0 Å². The summed E-state index contributed by atoms with van der Waals surface area (Å²) in [5.41, 5.74) is 1.03. The minimum absolute atomic E-state index is 0.0489. The molecule has 104 valence electrons. The predicted octanol–water partition coefficient (Wildman–Crippen LogP) is 1.64. The van der Waals surface area contributed by atoms with Gasteiger partial charge < -0.3 is 10.6 Å². The molecule has 0 bridgehead atoms. The largest absolute Gasteiger partial charge is 0.354 e. The Morgan fingerprint density at radius 2 is 1.84 bits per heavy atom. The van der Waals surface area contributed by atoms with Gasteiger partial charge in [-0.2, -0.15) is 0 Å². The third-order valence-electron chi connectivity index (χ3n) is 2.67. The van der Waals surface area contributed by atoms with Crippen LogP contribution in [0.25, 0.3) is 0 Å². The first-order chi connectivity index (χ1) is 8.91. The highest BCUT2D eigenvalue weighted by Gasteiger charge is 2.09. The van der Waals surface area contributed by atoms with Crippen LogP contribution in [0, 0.1) is 18.7 Å². The lowest BCUT2D eigenvalue weighted by Crippen LogP contribution is -2.36. The molecule has 0 atom stereocenters. The Bertz CT molecular complexity index is 473. The van der Waals surface area contributed by atoms with E-state index in [1.807, 2.05) is 0 Å². The second kappa shape index (κ2) is 6.87. The van der Waals surface area contributed by atoms with Gasteiger partial charge in [-0.15, -0.1) is 0 Å². The van der Waals surface area contributed by atoms with Crippen LogP contribution in [-0.2, 0) is 4.79 Å². The van der Waals surface area contributed by atoms with E-state index in [4.69, 9.17) is 0 Å². The minimum Gasteiger partial charge on any atom is -0.354 e. The third kappa shape index (κ3) is 4.69. The smallest absolute Gasteiger partial charge is 0.251 e. The fourth-order valence-electron chi connectivity index (χ4n) is 1.54. The molecule has 0 radical (unpaired) electrons. The average Bonchev–Trinajstić information content (AvgIpc) is 2.33. The van der Waals surface area contributed by atoms with Crippen molar-refractivity contribution in [1.29, 1.82) is 0 Å². The second-order valence-corrected chi connectivity index (χ2v) is 4.66. The Morgan fingerprint density at radius 3 is 2.42 bits per heavy atom. The van der Waals surface area contributed by atoms with E-state index in [1.165, 1.54) is 18.2 Å². The summed E-state index contributed by atoms with van der Waals surface area (Å²) in [5.74, 6) is -0.753. The van der Waals surface area contributed by atoms with Crippen LogP contribution in [-0.4, -0.2) is 24.9 Å². The molecule has 0 aliphatic rings. The highest BCUT2D eigenvalue weighted by Crippen LogP contribution is 2.09. The Labute approximate surface area is 112 Å². The van der Waals surface area contributed by atoms with Gasteiger partial charge in [0.2, 0.25) is 5.91 Å². The van der Waals surface area contributed by atoms with Gasteiger partial charge in [0.15, 0.2) is 0 Å². The van der Waals surface area contributed by atoms with Gasteiger partial charge in [-0.1, -0.05) is 13.8 Å². The van der Waals surface area contributed by atoms with E-state index in [0.29, 0.717) is 24.2 Å². The molecule has 1 aromatic rings. The lowest BCUT2D eigenvalue weighted by molar-refractivity contribution is -0.123. The van der Waals surface area contributed by atoms with Crippen LogP contribution in [0.2, 0.25) is 0 Å². The lowest BCUT2D eigenvalue weighted by Gasteiger charge is -2.10. The molecule has 0 unspecified atom stereocenters. The average molecular weight is 266 g/mol. The summed E-state index contributed by atoms with van der Waals surface area (Å²) in [4.78, 5) is 23.1. The van der Waals surface area contributed by atoms with Crippen molar-refractivity contribution < 1.29 is 14.0 Å². The van der Waals surface area contributed by atoms with Crippen LogP contribution >= 0.6 is 0 Å². The van der Waals surface area contributed by atoms with Crippen molar-refractivity contribution in [1.82, 2.24) is 10.6 Å². The molecule has 2 amide bonds. The first-order valence-electron chi connectivity index (χ1n) is 6.24. The predicted molar refractivity (Wildman–Crippen MR) is 71.3 cm³/mol. The van der Waals surface area contributed by atoms with Gasteiger partial charge >= 0.3 is 0 Å². The number of aryl methyl sites for hydroxylation is 1. The number of nitrogens with one attached hydrogen (secondary N) is 2. The summed E-state index contributed by atoms with van der Waals surface area (Å²) < 4.78 is 12.9. The van der Waals surface area contributed by atoms with Gasteiger partial charge in [0.1, 0.15) is 5.82 Å². The standard InChI is InChI=1S/C14H19FN2O2/c1-9(2)13(18)16-6-7-17-14(19)12-5-4-11(15)8-10(12)3/h4-5,8-9H,6-7H2,1-3H3,(H,16,18)(H,17,19). The van der Waals surface area contributed by atoms with Gasteiger partial charge in [0.05, 0.1) is 0 Å². The molecule has 4 nitrogen and oxygen atoms in total. The number of hydrogen-bond acceptors (Lipinski definition) is 2. The first-order valence-corrected chi connectivity index (χ1v) is 6.24.